The summed E-state index contributed by atoms with van der Waals surface area (Å²) in [6, 6.07) is -4.47. The fraction of sp³-hybridized carbons (Fsp3) is 0.562. The lowest BCUT2D eigenvalue weighted by atomic mass is 10.1. The molecule has 0 aliphatic carbocycles. The van der Waals surface area contributed by atoms with Crippen LogP contribution in [-0.4, -0.2) is 77.8 Å². The lowest BCUT2D eigenvalue weighted by Crippen LogP contribution is -2.57. The minimum absolute atomic E-state index is 0.0601. The Labute approximate surface area is 182 Å². The van der Waals surface area contributed by atoms with Gasteiger partial charge in [-0.1, -0.05) is 0 Å². The van der Waals surface area contributed by atoms with Crippen LogP contribution in [0.15, 0.2) is 0 Å². The first kappa shape index (κ1) is 28.0. The molecule has 5 amide bonds. The Kier molecular flexibility index (Phi) is 12.4. The summed E-state index contributed by atoms with van der Waals surface area (Å²) >= 11 is 0. The number of carboxylic acid groups (broad SMARTS) is 1. The molecule has 16 heteroatoms. The van der Waals surface area contributed by atoms with Crippen LogP contribution in [0.1, 0.15) is 25.7 Å². The summed E-state index contributed by atoms with van der Waals surface area (Å²) in [4.78, 5) is 70.4. The van der Waals surface area contributed by atoms with Crippen LogP contribution >= 0.6 is 0 Å². The zero-order valence-corrected chi connectivity index (χ0v) is 17.2. The standard InChI is InChI=1S/C16H29N9O7/c17-6-12(28)23-8(4-10(18)26)13(29)25-9(5-11(19)27)14(30)24-7(15(31)32)2-1-3-22-16(20)21/h7-9H,1-6,17H2,(H2,18,26)(H2,19,27)(H,23,28)(H,24,30)(H,25,29)(H,31,32)(H4,20,21,22)/t7-,8-,9-/m0/s1. The van der Waals surface area contributed by atoms with Crippen LogP contribution in [0, 0.1) is 5.41 Å². The SMILES string of the molecule is N=C(N)NCCC[C@H](NC(=O)[C@H](CC(N)=O)NC(=O)[C@H](CC(N)=O)NC(=O)CN)C(=O)O. The van der Waals surface area contributed by atoms with Crippen molar-refractivity contribution < 1.29 is 33.9 Å². The molecule has 0 spiro atoms. The second-order valence-corrected chi connectivity index (χ2v) is 6.61. The molecule has 0 rings (SSSR count). The van der Waals surface area contributed by atoms with Crippen LogP contribution in [-0.2, 0) is 28.8 Å². The van der Waals surface area contributed by atoms with Gasteiger partial charge in [-0.2, -0.15) is 0 Å². The van der Waals surface area contributed by atoms with Crippen LogP contribution in [0.2, 0.25) is 0 Å². The molecule has 0 saturated carbocycles. The van der Waals surface area contributed by atoms with Gasteiger partial charge in [0.1, 0.15) is 18.1 Å². The summed E-state index contributed by atoms with van der Waals surface area (Å²) in [6.07, 6.45) is -1.15. The maximum atomic E-state index is 12.5. The van der Waals surface area contributed by atoms with Gasteiger partial charge >= 0.3 is 5.97 Å². The Hall–Kier alpha value is -3.95. The first-order valence-corrected chi connectivity index (χ1v) is 9.34. The van der Waals surface area contributed by atoms with Crippen molar-refractivity contribution in [3.05, 3.63) is 0 Å². The van der Waals surface area contributed by atoms with E-state index in [0.29, 0.717) is 0 Å². The van der Waals surface area contributed by atoms with E-state index in [1.165, 1.54) is 0 Å². The second-order valence-electron chi connectivity index (χ2n) is 6.61. The highest BCUT2D eigenvalue weighted by atomic mass is 16.4. The van der Waals surface area contributed by atoms with Crippen molar-refractivity contribution in [2.75, 3.05) is 13.1 Å². The number of rotatable bonds is 15. The van der Waals surface area contributed by atoms with E-state index in [2.05, 4.69) is 21.3 Å². The average Bonchev–Trinajstić information content (AvgIpc) is 2.67. The lowest BCUT2D eigenvalue weighted by molar-refractivity contribution is -0.142. The number of carboxylic acids is 1. The van der Waals surface area contributed by atoms with Gasteiger partial charge in [0.25, 0.3) is 0 Å². The summed E-state index contributed by atoms with van der Waals surface area (Å²) in [5.74, 6) is -6.47. The molecular weight excluding hydrogens is 430 g/mol. The summed E-state index contributed by atoms with van der Waals surface area (Å²) in [5, 5.41) is 25.3. The zero-order chi connectivity index (χ0) is 24.8. The molecule has 0 heterocycles. The van der Waals surface area contributed by atoms with E-state index >= 15 is 0 Å². The van der Waals surface area contributed by atoms with E-state index in [1.54, 1.807) is 0 Å². The number of amides is 5. The number of hydrogen-bond acceptors (Lipinski definition) is 8. The van der Waals surface area contributed by atoms with E-state index in [1.807, 2.05) is 0 Å². The van der Waals surface area contributed by atoms with Crippen LogP contribution in [0.3, 0.4) is 0 Å². The number of nitrogens with two attached hydrogens (primary N) is 4. The Morgan fingerprint density at radius 1 is 0.812 bits per heavy atom. The second kappa shape index (κ2) is 14.1. The molecule has 0 fully saturated rings. The van der Waals surface area contributed by atoms with Crippen LogP contribution in [0.25, 0.3) is 0 Å². The van der Waals surface area contributed by atoms with Gasteiger partial charge < -0.3 is 49.3 Å². The predicted molar refractivity (Wildman–Crippen MR) is 109 cm³/mol. The van der Waals surface area contributed by atoms with E-state index in [4.69, 9.17) is 28.3 Å². The summed E-state index contributed by atoms with van der Waals surface area (Å²) < 4.78 is 0. The van der Waals surface area contributed by atoms with Gasteiger partial charge in [-0.05, 0) is 12.8 Å². The molecule has 0 unspecified atom stereocenters. The van der Waals surface area contributed by atoms with E-state index < -0.39 is 73.0 Å². The number of hydrogen-bond donors (Lipinski definition) is 10. The minimum Gasteiger partial charge on any atom is -0.480 e. The summed E-state index contributed by atoms with van der Waals surface area (Å²) in [7, 11) is 0. The van der Waals surface area contributed by atoms with E-state index in [0.717, 1.165) is 0 Å². The van der Waals surface area contributed by atoms with Crippen molar-refractivity contribution in [3.8, 4) is 0 Å². The van der Waals surface area contributed by atoms with Gasteiger partial charge in [-0.3, -0.25) is 29.4 Å². The van der Waals surface area contributed by atoms with Gasteiger partial charge in [-0.15, -0.1) is 0 Å². The molecular formula is C16H29N9O7. The van der Waals surface area contributed by atoms with Gasteiger partial charge in [0.05, 0.1) is 19.4 Å². The predicted octanol–water partition coefficient (Wildman–Crippen LogP) is -5.50. The molecule has 180 valence electrons. The molecule has 0 aliphatic rings. The van der Waals surface area contributed by atoms with Gasteiger partial charge in [-0.25, -0.2) is 4.79 Å². The first-order valence-electron chi connectivity index (χ1n) is 9.34. The number of nitrogens with one attached hydrogen (secondary N) is 5. The highest BCUT2D eigenvalue weighted by Crippen LogP contribution is 2.02. The smallest absolute Gasteiger partial charge is 0.326 e. The number of guanidine groups is 1. The average molecular weight is 459 g/mol. The molecule has 0 radical (unpaired) electrons. The molecule has 0 aliphatic heterocycles. The Bertz CT molecular complexity index is 743. The van der Waals surface area contributed by atoms with Crippen LogP contribution in [0.4, 0.5) is 0 Å². The molecule has 0 bridgehead atoms. The summed E-state index contributed by atoms with van der Waals surface area (Å²) in [5.41, 5.74) is 20.4. The largest absolute Gasteiger partial charge is 0.480 e. The Morgan fingerprint density at radius 2 is 1.28 bits per heavy atom. The molecule has 0 aromatic carbocycles. The van der Waals surface area contributed by atoms with Crippen molar-refractivity contribution >= 4 is 41.5 Å². The molecule has 0 aromatic heterocycles. The lowest BCUT2D eigenvalue weighted by Gasteiger charge is -2.23. The number of primary amides is 2. The monoisotopic (exact) mass is 459 g/mol. The first-order chi connectivity index (χ1) is 14.9. The normalized spacial score (nSPS) is 13.0. The van der Waals surface area contributed by atoms with Crippen molar-refractivity contribution in [3.63, 3.8) is 0 Å². The van der Waals surface area contributed by atoms with E-state index in [-0.39, 0.29) is 25.3 Å². The third-order valence-electron chi connectivity index (χ3n) is 3.88. The number of carbonyl (C=O) groups excluding carboxylic acids is 5. The van der Waals surface area contributed by atoms with Crippen LogP contribution < -0.4 is 44.2 Å². The van der Waals surface area contributed by atoms with Gasteiger partial charge in [0.2, 0.25) is 29.5 Å². The van der Waals surface area contributed by atoms with Crippen LogP contribution in [0.5, 0.6) is 0 Å². The fourth-order valence-corrected chi connectivity index (χ4v) is 2.41. The Balaban J connectivity index is 5.30. The van der Waals surface area contributed by atoms with Crippen molar-refractivity contribution in [1.82, 2.24) is 21.3 Å². The quantitative estimate of drug-likeness (QED) is 0.0629. The van der Waals surface area contributed by atoms with Crippen molar-refractivity contribution in [1.29, 1.82) is 5.41 Å². The highest BCUT2D eigenvalue weighted by molar-refractivity contribution is 5.97. The Morgan fingerprint density at radius 3 is 1.69 bits per heavy atom. The molecule has 3 atom stereocenters. The molecule has 0 saturated heterocycles. The molecule has 16 nitrogen and oxygen atoms in total. The topological polar surface area (TPSA) is 299 Å². The van der Waals surface area contributed by atoms with Gasteiger partial charge in [0, 0.05) is 6.54 Å². The number of aliphatic carboxylic acids is 1. The van der Waals surface area contributed by atoms with Gasteiger partial charge in [0.15, 0.2) is 5.96 Å². The molecule has 14 N–H and O–H groups in total. The molecule has 32 heavy (non-hydrogen) atoms. The fourth-order valence-electron chi connectivity index (χ4n) is 2.41. The summed E-state index contributed by atoms with van der Waals surface area (Å²) in [6.45, 7) is -0.321. The van der Waals surface area contributed by atoms with E-state index in [9.17, 15) is 33.9 Å². The minimum atomic E-state index is -1.60. The number of carbonyl (C=O) groups is 6. The maximum absolute atomic E-state index is 12.5. The zero-order valence-electron chi connectivity index (χ0n) is 17.2. The van der Waals surface area contributed by atoms with Crippen molar-refractivity contribution in [2.24, 2.45) is 22.9 Å². The third kappa shape index (κ3) is 11.9. The third-order valence-corrected chi connectivity index (χ3v) is 3.88. The highest BCUT2D eigenvalue weighted by Gasteiger charge is 2.31. The molecule has 0 aromatic rings. The maximum Gasteiger partial charge on any atom is 0.326 e. The van der Waals surface area contributed by atoms with Crippen molar-refractivity contribution in [2.45, 2.75) is 43.8 Å².